The van der Waals surface area contributed by atoms with Crippen LogP contribution in [0.1, 0.15) is 5.56 Å². The van der Waals surface area contributed by atoms with Crippen molar-refractivity contribution < 1.29 is 19.1 Å². The Morgan fingerprint density at radius 2 is 1.94 bits per heavy atom. The Hall–Kier alpha value is -2.57. The highest BCUT2D eigenvalue weighted by atomic mass is 16.5. The van der Waals surface area contributed by atoms with Crippen LogP contribution in [0.15, 0.2) is 24.3 Å². The number of hydrogen-bond acceptors (Lipinski definition) is 4. The van der Waals surface area contributed by atoms with E-state index >= 15 is 0 Å². The minimum atomic E-state index is -1.91. The molecule has 0 unspecified atom stereocenters. The molecule has 1 aliphatic heterocycles. The lowest BCUT2D eigenvalue weighted by atomic mass is 9.89. The highest BCUT2D eigenvalue weighted by Crippen LogP contribution is 2.27. The second-order valence-electron chi connectivity index (χ2n) is 3.69. The van der Waals surface area contributed by atoms with Gasteiger partial charge in [-0.05, 0) is 17.7 Å². The van der Waals surface area contributed by atoms with Gasteiger partial charge in [-0.2, -0.15) is 5.32 Å². The van der Waals surface area contributed by atoms with Crippen molar-refractivity contribution in [2.75, 3.05) is 7.11 Å². The SMILES string of the molecule is COc1ccc([C@@]2(C(N)=O)NC(=O)[N]C2=O)cc1. The summed E-state index contributed by atoms with van der Waals surface area (Å²) in [4.78, 5) is 34.4. The normalized spacial score (nSPS) is 22.3. The molecule has 93 valence electrons. The van der Waals surface area contributed by atoms with Gasteiger partial charge in [-0.3, -0.25) is 9.59 Å². The number of rotatable bonds is 3. The van der Waals surface area contributed by atoms with Crippen molar-refractivity contribution in [1.29, 1.82) is 0 Å². The molecule has 0 bridgehead atoms. The number of carbonyl (C=O) groups excluding carboxylic acids is 3. The van der Waals surface area contributed by atoms with Crippen molar-refractivity contribution in [1.82, 2.24) is 10.6 Å². The van der Waals surface area contributed by atoms with Gasteiger partial charge in [0.05, 0.1) is 7.11 Å². The molecule has 0 saturated carbocycles. The highest BCUT2D eigenvalue weighted by Gasteiger charge is 2.54. The van der Waals surface area contributed by atoms with Gasteiger partial charge in [-0.1, -0.05) is 12.1 Å². The van der Waals surface area contributed by atoms with E-state index in [1.807, 2.05) is 0 Å². The average Bonchev–Trinajstić information content (AvgIpc) is 2.65. The Kier molecular flexibility index (Phi) is 2.66. The van der Waals surface area contributed by atoms with Crippen molar-refractivity contribution in [3.8, 4) is 5.75 Å². The number of amides is 4. The predicted molar refractivity (Wildman–Crippen MR) is 59.5 cm³/mol. The smallest absolute Gasteiger partial charge is 0.345 e. The summed E-state index contributed by atoms with van der Waals surface area (Å²) >= 11 is 0. The maximum atomic E-state index is 11.7. The van der Waals surface area contributed by atoms with E-state index in [-0.39, 0.29) is 5.56 Å². The first-order chi connectivity index (χ1) is 8.50. The first-order valence-corrected chi connectivity index (χ1v) is 5.03. The molecule has 1 saturated heterocycles. The average molecular weight is 248 g/mol. The van der Waals surface area contributed by atoms with Gasteiger partial charge in [0.15, 0.2) is 0 Å². The Morgan fingerprint density at radius 1 is 1.33 bits per heavy atom. The Balaban J connectivity index is 2.51. The van der Waals surface area contributed by atoms with E-state index in [4.69, 9.17) is 10.5 Å². The lowest BCUT2D eigenvalue weighted by molar-refractivity contribution is -0.134. The van der Waals surface area contributed by atoms with Crippen LogP contribution in [0.4, 0.5) is 4.79 Å². The molecule has 1 atom stereocenters. The van der Waals surface area contributed by atoms with Crippen LogP contribution in [-0.4, -0.2) is 25.0 Å². The quantitative estimate of drug-likeness (QED) is 0.540. The molecule has 3 N–H and O–H groups in total. The third-order valence-corrected chi connectivity index (χ3v) is 2.71. The zero-order valence-corrected chi connectivity index (χ0v) is 9.47. The number of ether oxygens (including phenoxy) is 1. The van der Waals surface area contributed by atoms with E-state index in [1.165, 1.54) is 19.2 Å². The molecule has 4 amide bonds. The van der Waals surface area contributed by atoms with Gasteiger partial charge in [0.25, 0.3) is 11.8 Å². The number of nitrogens with one attached hydrogen (secondary N) is 1. The molecule has 1 aromatic carbocycles. The molecular formula is C11H10N3O4. The Labute approximate surface area is 102 Å². The minimum absolute atomic E-state index is 0.246. The fourth-order valence-electron chi connectivity index (χ4n) is 1.76. The summed E-state index contributed by atoms with van der Waals surface area (Å²) < 4.78 is 4.96. The van der Waals surface area contributed by atoms with E-state index in [1.54, 1.807) is 12.1 Å². The monoisotopic (exact) mass is 248 g/mol. The maximum absolute atomic E-state index is 11.7. The van der Waals surface area contributed by atoms with Crippen molar-refractivity contribution >= 4 is 17.8 Å². The summed E-state index contributed by atoms with van der Waals surface area (Å²) in [6.07, 6.45) is 0. The van der Waals surface area contributed by atoms with Crippen molar-refractivity contribution in [2.45, 2.75) is 5.54 Å². The first-order valence-electron chi connectivity index (χ1n) is 5.03. The number of nitrogens with two attached hydrogens (primary N) is 1. The molecule has 0 aliphatic carbocycles. The van der Waals surface area contributed by atoms with Crippen LogP contribution in [0.25, 0.3) is 0 Å². The topological polar surface area (TPSA) is 113 Å². The predicted octanol–water partition coefficient (Wildman–Crippen LogP) is -0.770. The van der Waals surface area contributed by atoms with Crippen molar-refractivity contribution in [3.05, 3.63) is 29.8 Å². The molecule has 1 fully saturated rings. The largest absolute Gasteiger partial charge is 0.497 e. The van der Waals surface area contributed by atoms with Crippen LogP contribution in [-0.2, 0) is 15.1 Å². The molecule has 0 spiro atoms. The van der Waals surface area contributed by atoms with Crippen LogP contribution in [0.2, 0.25) is 0 Å². The summed E-state index contributed by atoms with van der Waals surface area (Å²) in [5.74, 6) is -1.34. The highest BCUT2D eigenvalue weighted by molar-refractivity contribution is 6.19. The van der Waals surface area contributed by atoms with Crippen molar-refractivity contribution in [2.24, 2.45) is 5.73 Å². The van der Waals surface area contributed by atoms with Gasteiger partial charge in [-0.25, -0.2) is 4.79 Å². The van der Waals surface area contributed by atoms with E-state index in [9.17, 15) is 14.4 Å². The maximum Gasteiger partial charge on any atom is 0.345 e. The third kappa shape index (κ3) is 1.56. The molecule has 1 aromatic rings. The molecule has 18 heavy (non-hydrogen) atoms. The van der Waals surface area contributed by atoms with Gasteiger partial charge in [0.2, 0.25) is 5.54 Å². The molecule has 1 radical (unpaired) electrons. The second kappa shape index (κ2) is 4.02. The Morgan fingerprint density at radius 3 is 2.33 bits per heavy atom. The molecule has 0 aromatic heterocycles. The number of urea groups is 1. The van der Waals surface area contributed by atoms with E-state index < -0.39 is 23.4 Å². The van der Waals surface area contributed by atoms with Gasteiger partial charge in [0.1, 0.15) is 5.75 Å². The number of methoxy groups -OCH3 is 1. The van der Waals surface area contributed by atoms with Crippen LogP contribution in [0, 0.1) is 0 Å². The fraction of sp³-hybridized carbons (Fsp3) is 0.182. The summed E-state index contributed by atoms with van der Waals surface area (Å²) in [6, 6.07) is 5.18. The summed E-state index contributed by atoms with van der Waals surface area (Å²) in [6.45, 7) is 0. The van der Waals surface area contributed by atoms with E-state index in [0.29, 0.717) is 5.75 Å². The number of carbonyl (C=O) groups is 3. The molecule has 7 heteroatoms. The van der Waals surface area contributed by atoms with Gasteiger partial charge >= 0.3 is 6.03 Å². The number of imide groups is 1. The molecule has 2 rings (SSSR count). The fourth-order valence-corrected chi connectivity index (χ4v) is 1.76. The zero-order valence-electron chi connectivity index (χ0n) is 9.47. The van der Waals surface area contributed by atoms with Crippen molar-refractivity contribution in [3.63, 3.8) is 0 Å². The van der Waals surface area contributed by atoms with Gasteiger partial charge < -0.3 is 15.8 Å². The van der Waals surface area contributed by atoms with E-state index in [0.717, 1.165) is 0 Å². The standard InChI is InChI=1S/C11H10N3O4/c1-18-7-4-2-6(3-5-7)11(8(12)15)9(16)13-10(17)14-11/h2-5H,1H3,(H2,12,15)(H,14,17)/t11-/m0/s1. The van der Waals surface area contributed by atoms with Crippen LogP contribution < -0.4 is 21.1 Å². The summed E-state index contributed by atoms with van der Waals surface area (Å²) in [7, 11) is 1.48. The van der Waals surface area contributed by atoms with Gasteiger partial charge in [0, 0.05) is 0 Å². The molecular weight excluding hydrogens is 238 g/mol. The second-order valence-corrected chi connectivity index (χ2v) is 3.69. The van der Waals surface area contributed by atoms with E-state index in [2.05, 4.69) is 10.6 Å². The minimum Gasteiger partial charge on any atom is -0.497 e. The lowest BCUT2D eigenvalue weighted by Crippen LogP contribution is -2.54. The molecule has 7 nitrogen and oxygen atoms in total. The zero-order chi connectivity index (χ0) is 13.3. The first kappa shape index (κ1) is 11.9. The number of nitrogens with zero attached hydrogens (tertiary/aromatic N) is 1. The third-order valence-electron chi connectivity index (χ3n) is 2.71. The van der Waals surface area contributed by atoms with Gasteiger partial charge in [-0.15, -0.1) is 0 Å². The van der Waals surface area contributed by atoms with Crippen LogP contribution in [0.3, 0.4) is 0 Å². The summed E-state index contributed by atoms with van der Waals surface area (Å²) in [5.41, 5.74) is 3.55. The number of hydrogen-bond donors (Lipinski definition) is 2. The Bertz CT molecular complexity index is 526. The molecule has 1 aliphatic rings. The van der Waals surface area contributed by atoms with Crippen LogP contribution in [0.5, 0.6) is 5.75 Å². The van der Waals surface area contributed by atoms with Crippen LogP contribution >= 0.6 is 0 Å². The lowest BCUT2D eigenvalue weighted by Gasteiger charge is -2.22. The summed E-state index contributed by atoms with van der Waals surface area (Å²) in [5, 5.41) is 5.36. The molecule has 1 heterocycles. The number of benzene rings is 1. The number of primary amides is 1.